The second-order valence-electron chi connectivity index (χ2n) is 4.92. The lowest BCUT2D eigenvalue weighted by molar-refractivity contribution is 0.308. The Morgan fingerprint density at radius 2 is 1.53 bits per heavy atom. The van der Waals surface area contributed by atoms with Gasteiger partial charge in [-0.2, -0.15) is 0 Å². The molecule has 1 N–H and O–H groups in total. The topological polar surface area (TPSA) is 46.2 Å². The van der Waals surface area contributed by atoms with Crippen molar-refractivity contribution in [3.63, 3.8) is 0 Å². The first-order chi connectivity index (χ1) is 7.94. The van der Waals surface area contributed by atoms with E-state index < -0.39 is 9.84 Å². The molecule has 0 heterocycles. The van der Waals surface area contributed by atoms with Crippen molar-refractivity contribution in [3.8, 4) is 0 Å². The van der Waals surface area contributed by atoms with Crippen LogP contribution >= 0.6 is 0 Å². The molecule has 0 rings (SSSR count). The van der Waals surface area contributed by atoms with Crippen molar-refractivity contribution in [1.82, 2.24) is 5.32 Å². The summed E-state index contributed by atoms with van der Waals surface area (Å²) in [6, 6.07) is 0.356. The van der Waals surface area contributed by atoms with Crippen LogP contribution in [-0.2, 0) is 9.84 Å². The number of sulfone groups is 1. The van der Waals surface area contributed by atoms with E-state index in [2.05, 4.69) is 26.1 Å². The maximum absolute atomic E-state index is 11.3. The molecule has 4 heteroatoms. The normalized spacial score (nSPS) is 14.2. The van der Waals surface area contributed by atoms with Crippen molar-refractivity contribution >= 4 is 9.84 Å². The Labute approximate surface area is 107 Å². The van der Waals surface area contributed by atoms with Crippen LogP contribution in [0, 0.1) is 5.92 Å². The summed E-state index contributed by atoms with van der Waals surface area (Å²) in [5, 5.41) is 3.46. The van der Waals surface area contributed by atoms with Gasteiger partial charge in [-0.3, -0.25) is 0 Å². The Balaban J connectivity index is 4.43. The third-order valence-corrected chi connectivity index (χ3v) is 4.13. The van der Waals surface area contributed by atoms with E-state index in [0.717, 1.165) is 13.0 Å². The minimum Gasteiger partial charge on any atom is -0.314 e. The zero-order chi connectivity index (χ0) is 13.3. The maximum Gasteiger partial charge on any atom is 0.147 e. The van der Waals surface area contributed by atoms with Crippen LogP contribution in [0.1, 0.15) is 52.9 Å². The van der Waals surface area contributed by atoms with E-state index in [9.17, 15) is 8.42 Å². The second-order valence-corrected chi connectivity index (χ2v) is 7.18. The molecule has 3 nitrogen and oxygen atoms in total. The monoisotopic (exact) mass is 263 g/mol. The van der Waals surface area contributed by atoms with E-state index >= 15 is 0 Å². The van der Waals surface area contributed by atoms with Crippen molar-refractivity contribution in [3.05, 3.63) is 0 Å². The van der Waals surface area contributed by atoms with Gasteiger partial charge in [0.15, 0.2) is 0 Å². The first-order valence-electron chi connectivity index (χ1n) is 6.85. The van der Waals surface area contributed by atoms with E-state index in [1.54, 1.807) is 0 Å². The van der Waals surface area contributed by atoms with Gasteiger partial charge in [-0.25, -0.2) is 8.42 Å². The number of hydrogen-bond acceptors (Lipinski definition) is 3. The average molecular weight is 263 g/mol. The fourth-order valence-corrected chi connectivity index (χ4v) is 3.08. The second kappa shape index (κ2) is 8.92. The van der Waals surface area contributed by atoms with Crippen molar-refractivity contribution in [1.29, 1.82) is 0 Å². The lowest BCUT2D eigenvalue weighted by Crippen LogP contribution is -2.37. The molecule has 0 bridgehead atoms. The fraction of sp³-hybridized carbons (Fsp3) is 1.00. The van der Waals surface area contributed by atoms with E-state index in [1.807, 2.05) is 0 Å². The highest BCUT2D eigenvalue weighted by molar-refractivity contribution is 7.90. The largest absolute Gasteiger partial charge is 0.314 e. The lowest BCUT2D eigenvalue weighted by Gasteiger charge is -2.27. The molecule has 0 amide bonds. The molecule has 17 heavy (non-hydrogen) atoms. The zero-order valence-electron chi connectivity index (χ0n) is 11.8. The standard InChI is InChI=1S/C13H29NO2S/c1-5-8-12(9-6-2)13(14-7-3)10-11-17(4,15)16/h12-14H,5-11H2,1-4H3. The van der Waals surface area contributed by atoms with Crippen molar-refractivity contribution in [2.24, 2.45) is 5.92 Å². The highest BCUT2D eigenvalue weighted by Crippen LogP contribution is 2.20. The molecule has 104 valence electrons. The Morgan fingerprint density at radius 1 is 1.00 bits per heavy atom. The van der Waals surface area contributed by atoms with Crippen LogP contribution in [-0.4, -0.2) is 33.0 Å². The van der Waals surface area contributed by atoms with E-state index in [-0.39, 0.29) is 0 Å². The average Bonchev–Trinajstić information content (AvgIpc) is 2.23. The van der Waals surface area contributed by atoms with E-state index in [0.29, 0.717) is 17.7 Å². The summed E-state index contributed by atoms with van der Waals surface area (Å²) in [7, 11) is -2.84. The van der Waals surface area contributed by atoms with Gasteiger partial charge in [0.2, 0.25) is 0 Å². The van der Waals surface area contributed by atoms with Crippen LogP contribution in [0.15, 0.2) is 0 Å². The third-order valence-electron chi connectivity index (χ3n) is 3.15. The smallest absolute Gasteiger partial charge is 0.147 e. The highest BCUT2D eigenvalue weighted by Gasteiger charge is 2.20. The number of hydrogen-bond donors (Lipinski definition) is 1. The quantitative estimate of drug-likeness (QED) is 0.659. The predicted octanol–water partition coefficient (Wildman–Crippen LogP) is 2.62. The summed E-state index contributed by atoms with van der Waals surface area (Å²) in [5.41, 5.74) is 0. The fourth-order valence-electron chi connectivity index (χ4n) is 2.40. The van der Waals surface area contributed by atoms with Gasteiger partial charge in [0.05, 0.1) is 5.75 Å². The van der Waals surface area contributed by atoms with Crippen LogP contribution in [0.25, 0.3) is 0 Å². The summed E-state index contributed by atoms with van der Waals surface area (Å²) in [6.07, 6.45) is 6.80. The summed E-state index contributed by atoms with van der Waals surface area (Å²) >= 11 is 0. The highest BCUT2D eigenvalue weighted by atomic mass is 32.2. The molecule has 0 aliphatic carbocycles. The van der Waals surface area contributed by atoms with Crippen molar-refractivity contribution in [2.45, 2.75) is 58.9 Å². The van der Waals surface area contributed by atoms with Crippen LogP contribution in [0.2, 0.25) is 0 Å². The summed E-state index contributed by atoms with van der Waals surface area (Å²) in [6.45, 7) is 7.39. The Kier molecular flexibility index (Phi) is 8.88. The molecular weight excluding hydrogens is 234 g/mol. The Morgan fingerprint density at radius 3 is 1.88 bits per heavy atom. The van der Waals surface area contributed by atoms with Crippen LogP contribution in [0.3, 0.4) is 0 Å². The first kappa shape index (κ1) is 16.9. The van der Waals surface area contributed by atoms with Gasteiger partial charge < -0.3 is 5.32 Å². The Bertz CT molecular complexity index is 269. The molecule has 0 radical (unpaired) electrons. The van der Waals surface area contributed by atoms with Gasteiger partial charge in [-0.1, -0.05) is 33.6 Å². The predicted molar refractivity (Wildman–Crippen MR) is 75.1 cm³/mol. The SMILES string of the molecule is CCCC(CCC)C(CCS(C)(=O)=O)NCC. The molecule has 0 aliphatic rings. The summed E-state index contributed by atoms with van der Waals surface area (Å²) in [5.74, 6) is 0.918. The molecule has 1 unspecified atom stereocenters. The lowest BCUT2D eigenvalue weighted by atomic mass is 9.89. The molecule has 0 aromatic carbocycles. The van der Waals surface area contributed by atoms with Gasteiger partial charge in [0, 0.05) is 12.3 Å². The summed E-state index contributed by atoms with van der Waals surface area (Å²) < 4.78 is 22.5. The maximum atomic E-state index is 11.3. The molecule has 0 saturated carbocycles. The molecule has 0 aromatic heterocycles. The van der Waals surface area contributed by atoms with E-state index in [4.69, 9.17) is 0 Å². The molecule has 0 aromatic rings. The molecular formula is C13H29NO2S. The minimum atomic E-state index is -2.84. The minimum absolute atomic E-state index is 0.300. The molecule has 0 spiro atoms. The third kappa shape index (κ3) is 8.61. The van der Waals surface area contributed by atoms with Crippen molar-refractivity contribution < 1.29 is 8.42 Å². The van der Waals surface area contributed by atoms with E-state index in [1.165, 1.54) is 31.9 Å². The Hall–Kier alpha value is -0.0900. The summed E-state index contributed by atoms with van der Waals surface area (Å²) in [4.78, 5) is 0. The first-order valence-corrected chi connectivity index (χ1v) is 8.91. The van der Waals surface area contributed by atoms with Gasteiger partial charge >= 0.3 is 0 Å². The molecule has 1 atom stereocenters. The van der Waals surface area contributed by atoms with Crippen LogP contribution in [0.4, 0.5) is 0 Å². The van der Waals surface area contributed by atoms with Gasteiger partial charge in [0.25, 0.3) is 0 Å². The molecule has 0 saturated heterocycles. The van der Waals surface area contributed by atoms with Crippen LogP contribution < -0.4 is 5.32 Å². The van der Waals surface area contributed by atoms with Crippen LogP contribution in [0.5, 0.6) is 0 Å². The number of nitrogens with one attached hydrogen (secondary N) is 1. The van der Waals surface area contributed by atoms with Gasteiger partial charge in [0.1, 0.15) is 9.84 Å². The molecule has 0 fully saturated rings. The number of rotatable bonds is 10. The molecule has 0 aliphatic heterocycles. The van der Waals surface area contributed by atoms with Crippen molar-refractivity contribution in [2.75, 3.05) is 18.6 Å². The zero-order valence-corrected chi connectivity index (χ0v) is 12.6. The van der Waals surface area contributed by atoms with Gasteiger partial charge in [-0.05, 0) is 31.7 Å². The van der Waals surface area contributed by atoms with Gasteiger partial charge in [-0.15, -0.1) is 0 Å².